The van der Waals surface area contributed by atoms with E-state index in [9.17, 15) is 9.90 Å². The van der Waals surface area contributed by atoms with Gasteiger partial charge in [-0.05, 0) is 44.0 Å². The number of rotatable bonds is 5. The summed E-state index contributed by atoms with van der Waals surface area (Å²) < 4.78 is 5.66. The normalized spacial score (nSPS) is 23.5. The molecule has 1 aliphatic heterocycles. The minimum Gasteiger partial charge on any atom is -0.491 e. The molecule has 1 aromatic rings. The SMILES string of the molecule is NC(=O)CN1CCCC(O)(COc2cccc(Cl)c2)CC1. The molecular weight excluding hydrogens is 292 g/mol. The second kappa shape index (κ2) is 7.11. The monoisotopic (exact) mass is 312 g/mol. The van der Waals surface area contributed by atoms with Crippen molar-refractivity contribution < 1.29 is 14.6 Å². The van der Waals surface area contributed by atoms with Gasteiger partial charge in [0.05, 0.1) is 12.1 Å². The zero-order valence-electron chi connectivity index (χ0n) is 11.9. The zero-order valence-corrected chi connectivity index (χ0v) is 12.7. The number of carbonyl (C=O) groups excluding carboxylic acids is 1. The first-order chi connectivity index (χ1) is 9.97. The molecule has 1 fully saturated rings. The van der Waals surface area contributed by atoms with E-state index in [1.165, 1.54) is 0 Å². The number of likely N-dealkylation sites (tertiary alicyclic amines) is 1. The van der Waals surface area contributed by atoms with Gasteiger partial charge in [-0.25, -0.2) is 0 Å². The van der Waals surface area contributed by atoms with Crippen LogP contribution in [0, 0.1) is 0 Å². The highest BCUT2D eigenvalue weighted by molar-refractivity contribution is 6.30. The Bertz CT molecular complexity index is 498. The summed E-state index contributed by atoms with van der Waals surface area (Å²) in [6.07, 6.45) is 2.01. The van der Waals surface area contributed by atoms with Gasteiger partial charge in [0.2, 0.25) is 5.91 Å². The number of amides is 1. The van der Waals surface area contributed by atoms with Crippen molar-refractivity contribution in [2.75, 3.05) is 26.2 Å². The first-order valence-corrected chi connectivity index (χ1v) is 7.46. The van der Waals surface area contributed by atoms with Crippen molar-refractivity contribution in [3.05, 3.63) is 29.3 Å². The van der Waals surface area contributed by atoms with Crippen LogP contribution in [0.15, 0.2) is 24.3 Å². The zero-order chi connectivity index (χ0) is 15.3. The lowest BCUT2D eigenvalue weighted by Crippen LogP contribution is -2.38. The van der Waals surface area contributed by atoms with Gasteiger partial charge in [-0.2, -0.15) is 0 Å². The highest BCUT2D eigenvalue weighted by Gasteiger charge is 2.31. The standard InChI is InChI=1S/C15H21ClN2O3/c16-12-3-1-4-13(9-12)21-11-15(20)5-2-7-18(8-6-15)10-14(17)19/h1,3-4,9,20H,2,5-8,10-11H2,(H2,17,19). The van der Waals surface area contributed by atoms with Crippen LogP contribution in [0.4, 0.5) is 0 Å². The molecule has 1 atom stereocenters. The molecule has 21 heavy (non-hydrogen) atoms. The summed E-state index contributed by atoms with van der Waals surface area (Å²) >= 11 is 5.90. The van der Waals surface area contributed by atoms with Gasteiger partial charge >= 0.3 is 0 Å². The van der Waals surface area contributed by atoms with Crippen LogP contribution in [0.25, 0.3) is 0 Å². The molecule has 0 aliphatic carbocycles. The predicted octanol–water partition coefficient (Wildman–Crippen LogP) is 1.42. The quantitative estimate of drug-likeness (QED) is 0.862. The summed E-state index contributed by atoms with van der Waals surface area (Å²) in [5.41, 5.74) is 4.33. The van der Waals surface area contributed by atoms with Gasteiger partial charge in [0.15, 0.2) is 0 Å². The summed E-state index contributed by atoms with van der Waals surface area (Å²) in [7, 11) is 0. The van der Waals surface area contributed by atoms with Gasteiger partial charge in [-0.15, -0.1) is 0 Å². The first-order valence-electron chi connectivity index (χ1n) is 7.08. The molecule has 1 saturated heterocycles. The number of ether oxygens (including phenoxy) is 1. The second-order valence-electron chi connectivity index (χ2n) is 5.57. The van der Waals surface area contributed by atoms with Crippen molar-refractivity contribution in [3.8, 4) is 5.75 Å². The van der Waals surface area contributed by atoms with Crippen molar-refractivity contribution in [1.82, 2.24) is 4.90 Å². The molecule has 0 aromatic heterocycles. The van der Waals surface area contributed by atoms with Crippen molar-refractivity contribution in [1.29, 1.82) is 0 Å². The van der Waals surface area contributed by atoms with E-state index in [0.29, 0.717) is 30.2 Å². The van der Waals surface area contributed by atoms with Crippen LogP contribution in [-0.4, -0.2) is 47.8 Å². The molecule has 6 heteroatoms. The van der Waals surface area contributed by atoms with Gasteiger partial charge in [0.1, 0.15) is 12.4 Å². The van der Waals surface area contributed by atoms with Crippen molar-refractivity contribution in [2.45, 2.75) is 24.9 Å². The lowest BCUT2D eigenvalue weighted by molar-refractivity contribution is -0.119. The van der Waals surface area contributed by atoms with E-state index >= 15 is 0 Å². The number of aliphatic hydroxyl groups is 1. The van der Waals surface area contributed by atoms with Gasteiger partial charge in [0.25, 0.3) is 0 Å². The number of nitrogens with two attached hydrogens (primary N) is 1. The maximum absolute atomic E-state index is 11.0. The summed E-state index contributed by atoms with van der Waals surface area (Å²) in [5, 5.41) is 11.2. The predicted molar refractivity (Wildman–Crippen MR) is 81.4 cm³/mol. The fourth-order valence-corrected chi connectivity index (χ4v) is 2.71. The van der Waals surface area contributed by atoms with E-state index in [2.05, 4.69) is 0 Å². The average Bonchev–Trinajstić information content (AvgIpc) is 2.59. The summed E-state index contributed by atoms with van der Waals surface area (Å²) in [5.74, 6) is 0.310. The summed E-state index contributed by atoms with van der Waals surface area (Å²) in [6, 6.07) is 7.12. The Kier molecular flexibility index (Phi) is 5.45. The molecule has 1 amide bonds. The molecule has 0 spiro atoms. The smallest absolute Gasteiger partial charge is 0.231 e. The molecule has 3 N–H and O–H groups in total. The molecule has 2 rings (SSSR count). The van der Waals surface area contributed by atoms with Crippen molar-refractivity contribution in [2.24, 2.45) is 5.73 Å². The van der Waals surface area contributed by atoms with Crippen LogP contribution >= 0.6 is 11.6 Å². The molecule has 1 heterocycles. The second-order valence-corrected chi connectivity index (χ2v) is 6.00. The van der Waals surface area contributed by atoms with Crippen LogP contribution in [0.5, 0.6) is 5.75 Å². The summed E-state index contributed by atoms with van der Waals surface area (Å²) in [4.78, 5) is 12.9. The minimum absolute atomic E-state index is 0.220. The van der Waals surface area contributed by atoms with E-state index in [1.54, 1.807) is 12.1 Å². The maximum Gasteiger partial charge on any atom is 0.231 e. The van der Waals surface area contributed by atoms with Gasteiger partial charge in [-0.3, -0.25) is 9.69 Å². The van der Waals surface area contributed by atoms with E-state index in [0.717, 1.165) is 13.0 Å². The Labute approximate surface area is 129 Å². The third-order valence-corrected chi connectivity index (χ3v) is 3.93. The highest BCUT2D eigenvalue weighted by Crippen LogP contribution is 2.25. The van der Waals surface area contributed by atoms with Crippen LogP contribution in [0.2, 0.25) is 5.02 Å². The molecule has 5 nitrogen and oxygen atoms in total. The molecule has 1 unspecified atom stereocenters. The number of carbonyl (C=O) groups is 1. The van der Waals surface area contributed by atoms with Crippen LogP contribution in [-0.2, 0) is 4.79 Å². The molecule has 1 aliphatic rings. The highest BCUT2D eigenvalue weighted by atomic mass is 35.5. The number of hydrogen-bond donors (Lipinski definition) is 2. The van der Waals surface area contributed by atoms with Gasteiger partial charge in [-0.1, -0.05) is 17.7 Å². The Hall–Kier alpha value is -1.30. The number of primary amides is 1. The first kappa shape index (κ1) is 16.1. The van der Waals surface area contributed by atoms with Crippen LogP contribution < -0.4 is 10.5 Å². The molecule has 0 saturated carbocycles. The Morgan fingerprint density at radius 2 is 2.24 bits per heavy atom. The van der Waals surface area contributed by atoms with Crippen molar-refractivity contribution >= 4 is 17.5 Å². The molecule has 0 bridgehead atoms. The fraction of sp³-hybridized carbons (Fsp3) is 0.533. The topological polar surface area (TPSA) is 75.8 Å². The molecule has 1 aromatic carbocycles. The number of halogens is 1. The minimum atomic E-state index is -0.880. The van der Waals surface area contributed by atoms with E-state index in [-0.39, 0.29) is 19.1 Å². The van der Waals surface area contributed by atoms with E-state index in [1.807, 2.05) is 17.0 Å². The van der Waals surface area contributed by atoms with Gasteiger partial charge in [0, 0.05) is 11.6 Å². The van der Waals surface area contributed by atoms with E-state index in [4.69, 9.17) is 22.1 Å². The molecule has 0 radical (unpaired) electrons. The number of benzene rings is 1. The van der Waals surface area contributed by atoms with Crippen LogP contribution in [0.3, 0.4) is 0 Å². The fourth-order valence-electron chi connectivity index (χ4n) is 2.53. The lowest BCUT2D eigenvalue weighted by Gasteiger charge is -2.26. The van der Waals surface area contributed by atoms with E-state index < -0.39 is 5.60 Å². The Balaban J connectivity index is 1.88. The third-order valence-electron chi connectivity index (χ3n) is 3.69. The molecular formula is C15H21ClN2O3. The number of nitrogens with zero attached hydrogens (tertiary/aromatic N) is 1. The van der Waals surface area contributed by atoms with Crippen LogP contribution in [0.1, 0.15) is 19.3 Å². The average molecular weight is 313 g/mol. The third kappa shape index (κ3) is 5.19. The van der Waals surface area contributed by atoms with Gasteiger partial charge < -0.3 is 15.6 Å². The van der Waals surface area contributed by atoms with Crippen molar-refractivity contribution in [3.63, 3.8) is 0 Å². The molecule has 116 valence electrons. The summed E-state index contributed by atoms with van der Waals surface area (Å²) in [6.45, 7) is 1.86. The largest absolute Gasteiger partial charge is 0.491 e. The Morgan fingerprint density at radius 3 is 2.95 bits per heavy atom. The Morgan fingerprint density at radius 1 is 1.43 bits per heavy atom. The number of hydrogen-bond acceptors (Lipinski definition) is 4. The lowest BCUT2D eigenvalue weighted by atomic mass is 9.96. The maximum atomic E-state index is 11.0.